The molecule has 1 spiro atoms. The Hall–Kier alpha value is -1.81. The van der Waals surface area contributed by atoms with E-state index >= 15 is 0 Å². The summed E-state index contributed by atoms with van der Waals surface area (Å²) in [5.41, 5.74) is 5.51. The Morgan fingerprint density at radius 3 is 2.90 bits per heavy atom. The van der Waals surface area contributed by atoms with E-state index in [-0.39, 0.29) is 0 Å². The molecule has 0 bridgehead atoms. The lowest BCUT2D eigenvalue weighted by Crippen LogP contribution is -2.39. The van der Waals surface area contributed by atoms with E-state index in [9.17, 15) is 0 Å². The lowest BCUT2D eigenvalue weighted by Gasteiger charge is -2.02. The number of ether oxygens (including phenoxy) is 1. The molecule has 1 saturated heterocycles. The summed E-state index contributed by atoms with van der Waals surface area (Å²) in [7, 11) is 1.63. The molecule has 8 nitrogen and oxygen atoms in total. The van der Waals surface area contributed by atoms with E-state index in [0.29, 0.717) is 11.2 Å². The highest BCUT2D eigenvalue weighted by Gasteiger charge is 2.74. The van der Waals surface area contributed by atoms with Crippen LogP contribution in [-0.4, -0.2) is 52.6 Å². The molecule has 1 aromatic rings. The van der Waals surface area contributed by atoms with Crippen molar-refractivity contribution in [3.05, 3.63) is 12.4 Å². The van der Waals surface area contributed by atoms with Crippen molar-refractivity contribution in [2.24, 2.45) is 10.1 Å². The van der Waals surface area contributed by atoms with E-state index in [4.69, 9.17) is 4.74 Å². The predicted octanol–water partition coefficient (Wildman–Crippen LogP) is 0.884. The topological polar surface area (TPSA) is 80.7 Å². The Morgan fingerprint density at radius 2 is 2.19 bits per heavy atom. The smallest absolute Gasteiger partial charge is 0.472 e. The number of methoxy groups -OCH3 is 1. The molecule has 2 N–H and O–H groups in total. The zero-order chi connectivity index (χ0) is 14.6. The molecule has 3 aliphatic heterocycles. The predicted molar refractivity (Wildman–Crippen MR) is 83.1 cm³/mol. The molecular weight excluding hydrogens is 310 g/mol. The third kappa shape index (κ3) is 1.69. The zero-order valence-electron chi connectivity index (χ0n) is 11.6. The second-order valence-corrected chi connectivity index (χ2v) is 7.12. The Bertz CT molecular complexity index is 749. The standard InChI is InChI=1S/C11H11N7OS2/c1-6-7(2)18-11(21-10(16-18)19-3)17(6)15-9(20-11)14-8-12-4-5-13-8/h4-5H,1-3H3/p+2. The summed E-state index contributed by atoms with van der Waals surface area (Å²) < 4.78 is 8.89. The van der Waals surface area contributed by atoms with Crippen molar-refractivity contribution in [1.82, 2.24) is 15.4 Å². The highest BCUT2D eigenvalue weighted by Crippen LogP contribution is 2.49. The van der Waals surface area contributed by atoms with Gasteiger partial charge in [-0.2, -0.15) is 4.99 Å². The van der Waals surface area contributed by atoms with Gasteiger partial charge in [0, 0.05) is 30.9 Å². The highest BCUT2D eigenvalue weighted by molar-refractivity contribution is 8.30. The van der Waals surface area contributed by atoms with Gasteiger partial charge in [0.1, 0.15) is 11.8 Å². The fraction of sp³-hybridized carbons (Fsp3) is 0.364. The van der Waals surface area contributed by atoms with Crippen molar-refractivity contribution in [3.8, 4) is 0 Å². The molecule has 0 radical (unpaired) electrons. The molecule has 108 valence electrons. The van der Waals surface area contributed by atoms with Crippen molar-refractivity contribution in [2.75, 3.05) is 7.11 Å². The molecule has 4 heterocycles. The third-order valence-electron chi connectivity index (χ3n) is 3.43. The first-order chi connectivity index (χ1) is 10.1. The molecule has 1 unspecified atom stereocenters. The molecule has 1 fully saturated rings. The monoisotopic (exact) mass is 323 g/mol. The van der Waals surface area contributed by atoms with Crippen molar-refractivity contribution in [1.29, 1.82) is 0 Å². The summed E-state index contributed by atoms with van der Waals surface area (Å²) in [4.78, 5) is 11.6. The van der Waals surface area contributed by atoms with Crippen LogP contribution in [0.1, 0.15) is 13.8 Å². The number of hydrogen-bond acceptors (Lipinski definition) is 6. The van der Waals surface area contributed by atoms with Crippen LogP contribution in [0, 0.1) is 0 Å². The lowest BCUT2D eigenvalue weighted by molar-refractivity contribution is -0.766. The normalized spacial score (nSPS) is 28.9. The van der Waals surface area contributed by atoms with E-state index in [1.165, 1.54) is 0 Å². The minimum atomic E-state index is -0.440. The van der Waals surface area contributed by atoms with Gasteiger partial charge in [0.15, 0.2) is 0 Å². The summed E-state index contributed by atoms with van der Waals surface area (Å²) in [6.07, 6.45) is 3.42. The maximum absolute atomic E-state index is 5.30. The molecule has 0 aliphatic carbocycles. The number of nitrogens with one attached hydrogen (secondary N) is 2. The second kappa shape index (κ2) is 4.34. The second-order valence-electron chi connectivity index (χ2n) is 4.58. The van der Waals surface area contributed by atoms with Crippen LogP contribution < -0.4 is 5.43 Å². The number of hydrazone groups is 2. The molecule has 0 saturated carbocycles. The fourth-order valence-corrected chi connectivity index (χ4v) is 4.98. The molecular formula is C11H13N7OS2+2. The molecule has 0 aromatic carbocycles. The largest absolute Gasteiger partial charge is 0.522 e. The lowest BCUT2D eigenvalue weighted by atomic mass is 10.3. The van der Waals surface area contributed by atoms with Gasteiger partial charge >= 0.3 is 9.56 Å². The van der Waals surface area contributed by atoms with Crippen LogP contribution in [-0.2, 0) is 4.74 Å². The van der Waals surface area contributed by atoms with Gasteiger partial charge in [0.2, 0.25) is 11.1 Å². The van der Waals surface area contributed by atoms with Gasteiger partial charge in [-0.25, -0.2) is 4.98 Å². The summed E-state index contributed by atoms with van der Waals surface area (Å²) >= 11 is 3.13. The number of H-pyrrole nitrogens is 1. The highest BCUT2D eigenvalue weighted by atomic mass is 32.2. The summed E-state index contributed by atoms with van der Waals surface area (Å²) in [6, 6.07) is 0. The third-order valence-corrected chi connectivity index (χ3v) is 5.97. The maximum Gasteiger partial charge on any atom is 0.522 e. The van der Waals surface area contributed by atoms with Gasteiger partial charge < -0.3 is 9.72 Å². The van der Waals surface area contributed by atoms with E-state index in [1.807, 2.05) is 11.6 Å². The van der Waals surface area contributed by atoms with Crippen LogP contribution in [0.15, 0.2) is 22.5 Å². The summed E-state index contributed by atoms with van der Waals surface area (Å²) in [5.74, 6) is 0.573. The van der Waals surface area contributed by atoms with E-state index in [2.05, 4.69) is 37.1 Å². The fourth-order valence-electron chi connectivity index (χ4n) is 2.33. The minimum Gasteiger partial charge on any atom is -0.472 e. The Balaban J connectivity index is 1.76. The summed E-state index contributed by atoms with van der Waals surface area (Å²) in [6.45, 7) is 4.10. The molecule has 1 atom stereocenters. The Morgan fingerprint density at radius 1 is 1.33 bits per heavy atom. The average molecular weight is 323 g/mol. The molecule has 4 rings (SSSR count). The number of aromatic nitrogens is 2. The van der Waals surface area contributed by atoms with Crippen LogP contribution in [0.5, 0.6) is 0 Å². The number of amidine groups is 1. The number of rotatable bonds is 1. The van der Waals surface area contributed by atoms with Gasteiger partial charge in [-0.15, -0.1) is 5.43 Å². The summed E-state index contributed by atoms with van der Waals surface area (Å²) in [5, 5.41) is 5.92. The van der Waals surface area contributed by atoms with Gasteiger partial charge in [-0.3, -0.25) is 0 Å². The van der Waals surface area contributed by atoms with Crippen LogP contribution in [0.4, 0.5) is 5.95 Å². The van der Waals surface area contributed by atoms with E-state index in [0.717, 1.165) is 16.6 Å². The van der Waals surface area contributed by atoms with Gasteiger partial charge in [-0.05, 0) is 4.68 Å². The van der Waals surface area contributed by atoms with Gasteiger partial charge in [-0.1, -0.05) is 0 Å². The van der Waals surface area contributed by atoms with Crippen LogP contribution in [0.25, 0.3) is 0 Å². The van der Waals surface area contributed by atoms with Crippen molar-refractivity contribution in [2.45, 2.75) is 18.2 Å². The first-order valence-corrected chi connectivity index (χ1v) is 7.90. The number of aliphatic imine (C=N–C) groups is 1. The zero-order valence-corrected chi connectivity index (χ0v) is 13.2. The SMILES string of the molecule is COC1=N[N+]2=C(C)C(C)=[N+]3NC(=Nc4ncc[nH]4)SC23S1. The molecule has 0 amide bonds. The van der Waals surface area contributed by atoms with Gasteiger partial charge in [0.25, 0.3) is 11.4 Å². The quantitative estimate of drug-likeness (QED) is 0.750. The first kappa shape index (κ1) is 12.9. The Kier molecular flexibility index (Phi) is 2.67. The van der Waals surface area contributed by atoms with Crippen LogP contribution in [0.3, 0.4) is 0 Å². The number of hydrazine groups is 1. The van der Waals surface area contributed by atoms with Crippen molar-refractivity contribution >= 4 is 51.3 Å². The van der Waals surface area contributed by atoms with Crippen LogP contribution >= 0.6 is 23.5 Å². The number of hydrogen-bond donors (Lipinski definition) is 2. The number of imidazole rings is 1. The average Bonchev–Trinajstić information content (AvgIpc) is 3.20. The van der Waals surface area contributed by atoms with E-state index in [1.54, 1.807) is 43.0 Å². The minimum absolute atomic E-state index is 0.440. The molecule has 1 aromatic heterocycles. The number of nitrogens with zero attached hydrogens (tertiary/aromatic N) is 5. The molecule has 10 heteroatoms. The van der Waals surface area contributed by atoms with E-state index < -0.39 is 4.33 Å². The van der Waals surface area contributed by atoms with Crippen molar-refractivity contribution < 1.29 is 14.1 Å². The molecule has 3 aliphatic rings. The maximum atomic E-state index is 5.30. The Labute approximate surface area is 129 Å². The first-order valence-electron chi connectivity index (χ1n) is 6.27. The number of aromatic amines is 1. The number of thioether (sulfide) groups is 2. The molecule has 21 heavy (non-hydrogen) atoms. The van der Waals surface area contributed by atoms with Crippen LogP contribution in [0.2, 0.25) is 0 Å². The van der Waals surface area contributed by atoms with Gasteiger partial charge in [0.05, 0.1) is 24.0 Å². The van der Waals surface area contributed by atoms with Crippen molar-refractivity contribution in [3.63, 3.8) is 0 Å².